The van der Waals surface area contributed by atoms with Crippen molar-refractivity contribution in [1.29, 1.82) is 0 Å². The van der Waals surface area contributed by atoms with E-state index in [0.717, 1.165) is 45.4 Å². The molecule has 2 N–H and O–H groups in total. The molecule has 2 rings (SSSR count). The van der Waals surface area contributed by atoms with Crippen molar-refractivity contribution in [3.63, 3.8) is 0 Å². The maximum atomic E-state index is 13.3. The summed E-state index contributed by atoms with van der Waals surface area (Å²) >= 11 is 0. The molecular weight excluding hydrogens is 245 g/mol. The number of nitrogens with zero attached hydrogens (tertiary/aromatic N) is 2. The highest BCUT2D eigenvalue weighted by Crippen LogP contribution is 2.16. The number of piperidine rings is 1. The monoisotopic (exact) mass is 267 g/mol. The second-order valence-electron chi connectivity index (χ2n) is 5.13. The third kappa shape index (κ3) is 4.44. The van der Waals surface area contributed by atoms with Crippen LogP contribution in [0, 0.1) is 11.7 Å². The summed E-state index contributed by atoms with van der Waals surface area (Å²) in [5.74, 6) is 0.125. The number of likely N-dealkylation sites (tertiary alicyclic amines) is 1. The lowest BCUT2D eigenvalue weighted by Crippen LogP contribution is -2.37. The van der Waals surface area contributed by atoms with E-state index in [0.29, 0.717) is 11.6 Å². The molecule has 1 aromatic heterocycles. The van der Waals surface area contributed by atoms with E-state index in [9.17, 15) is 9.50 Å². The van der Waals surface area contributed by atoms with Gasteiger partial charge < -0.3 is 15.3 Å². The van der Waals surface area contributed by atoms with Crippen molar-refractivity contribution in [2.45, 2.75) is 19.3 Å². The maximum absolute atomic E-state index is 13.3. The molecule has 1 unspecified atom stereocenters. The number of aromatic nitrogens is 1. The smallest absolute Gasteiger partial charge is 0.164 e. The van der Waals surface area contributed by atoms with Gasteiger partial charge in [-0.2, -0.15) is 0 Å². The van der Waals surface area contributed by atoms with Crippen LogP contribution in [0.25, 0.3) is 0 Å². The van der Waals surface area contributed by atoms with Gasteiger partial charge in [0.1, 0.15) is 0 Å². The summed E-state index contributed by atoms with van der Waals surface area (Å²) in [6, 6.07) is 1.65. The van der Waals surface area contributed by atoms with Crippen LogP contribution in [0.2, 0.25) is 0 Å². The minimum absolute atomic E-state index is 0.289. The van der Waals surface area contributed by atoms with Gasteiger partial charge in [0.2, 0.25) is 0 Å². The summed E-state index contributed by atoms with van der Waals surface area (Å²) in [6.45, 7) is 4.13. The van der Waals surface area contributed by atoms with Gasteiger partial charge in [-0.05, 0) is 44.3 Å². The zero-order valence-corrected chi connectivity index (χ0v) is 11.2. The van der Waals surface area contributed by atoms with Gasteiger partial charge >= 0.3 is 0 Å². The van der Waals surface area contributed by atoms with Gasteiger partial charge in [-0.15, -0.1) is 0 Å². The van der Waals surface area contributed by atoms with Crippen LogP contribution < -0.4 is 5.32 Å². The molecule has 0 aliphatic carbocycles. The van der Waals surface area contributed by atoms with Gasteiger partial charge in [0, 0.05) is 25.9 Å². The van der Waals surface area contributed by atoms with Crippen LogP contribution in [0.1, 0.15) is 19.3 Å². The van der Waals surface area contributed by atoms with E-state index in [1.165, 1.54) is 6.20 Å². The normalized spacial score (nSPS) is 20.4. The number of rotatable bonds is 6. The van der Waals surface area contributed by atoms with Gasteiger partial charge in [0.25, 0.3) is 0 Å². The average molecular weight is 267 g/mol. The van der Waals surface area contributed by atoms with Crippen LogP contribution in [0.4, 0.5) is 10.1 Å². The van der Waals surface area contributed by atoms with Crippen molar-refractivity contribution in [3.05, 3.63) is 24.3 Å². The van der Waals surface area contributed by atoms with Gasteiger partial charge in [-0.3, -0.25) is 4.98 Å². The Balaban J connectivity index is 1.65. The summed E-state index contributed by atoms with van der Waals surface area (Å²) in [5.41, 5.74) is 0.516. The Morgan fingerprint density at radius 2 is 2.42 bits per heavy atom. The summed E-state index contributed by atoms with van der Waals surface area (Å²) in [4.78, 5) is 6.10. The number of hydrogen-bond donors (Lipinski definition) is 2. The highest BCUT2D eigenvalue weighted by Gasteiger charge is 2.18. The van der Waals surface area contributed by atoms with Crippen molar-refractivity contribution in [2.75, 3.05) is 38.1 Å². The van der Waals surface area contributed by atoms with Crippen LogP contribution in [0.5, 0.6) is 0 Å². The Morgan fingerprint density at radius 1 is 1.53 bits per heavy atom. The molecule has 0 saturated carbocycles. The molecule has 1 aliphatic rings. The van der Waals surface area contributed by atoms with Crippen LogP contribution in [-0.4, -0.2) is 47.8 Å². The zero-order chi connectivity index (χ0) is 13.5. The number of aliphatic hydroxyl groups excluding tert-OH is 1. The first-order valence-corrected chi connectivity index (χ1v) is 6.96. The molecule has 4 nitrogen and oxygen atoms in total. The quantitative estimate of drug-likeness (QED) is 0.771. The predicted octanol–water partition coefficient (Wildman–Crippen LogP) is 1.73. The number of hydrogen-bond acceptors (Lipinski definition) is 4. The molecule has 0 amide bonds. The Hall–Kier alpha value is -1.20. The van der Waals surface area contributed by atoms with Gasteiger partial charge in [-0.1, -0.05) is 0 Å². The third-order valence-corrected chi connectivity index (χ3v) is 3.60. The molecule has 1 aliphatic heterocycles. The molecule has 106 valence electrons. The van der Waals surface area contributed by atoms with E-state index in [-0.39, 0.29) is 12.4 Å². The van der Waals surface area contributed by atoms with E-state index in [1.54, 1.807) is 12.3 Å². The number of halogens is 1. The van der Waals surface area contributed by atoms with E-state index in [4.69, 9.17) is 0 Å². The minimum atomic E-state index is -0.305. The summed E-state index contributed by atoms with van der Waals surface area (Å²) in [7, 11) is 0. The zero-order valence-electron chi connectivity index (χ0n) is 11.2. The number of anilines is 1. The molecule has 1 aromatic rings. The molecule has 5 heteroatoms. The average Bonchev–Trinajstić information content (AvgIpc) is 2.45. The largest absolute Gasteiger partial charge is 0.396 e. The SMILES string of the molecule is OCC1CCCN(CCCNc2ccncc2F)C1. The first kappa shape index (κ1) is 14.2. The fourth-order valence-electron chi connectivity index (χ4n) is 2.55. The lowest BCUT2D eigenvalue weighted by Gasteiger charge is -2.31. The highest BCUT2D eigenvalue weighted by molar-refractivity contribution is 5.42. The Kier molecular flexibility index (Phi) is 5.54. The molecule has 0 radical (unpaired) electrons. The van der Waals surface area contributed by atoms with E-state index in [2.05, 4.69) is 15.2 Å². The molecule has 1 saturated heterocycles. The van der Waals surface area contributed by atoms with Gasteiger partial charge in [-0.25, -0.2) is 4.39 Å². The fraction of sp³-hybridized carbons (Fsp3) is 0.643. The number of aliphatic hydroxyl groups is 1. The van der Waals surface area contributed by atoms with E-state index in [1.807, 2.05) is 0 Å². The van der Waals surface area contributed by atoms with Crippen molar-refractivity contribution >= 4 is 5.69 Å². The van der Waals surface area contributed by atoms with Crippen LogP contribution >= 0.6 is 0 Å². The predicted molar refractivity (Wildman–Crippen MR) is 73.6 cm³/mol. The standard InChI is InChI=1S/C14H22FN3O/c15-13-9-16-6-4-14(13)17-5-2-8-18-7-1-3-12(10-18)11-19/h4,6,9,12,19H,1-3,5,7-8,10-11H2,(H,16,17). The molecule has 0 bridgehead atoms. The first-order chi connectivity index (χ1) is 9.29. The summed E-state index contributed by atoms with van der Waals surface area (Å²) in [5, 5.41) is 12.3. The van der Waals surface area contributed by atoms with Crippen LogP contribution in [0.15, 0.2) is 18.5 Å². The second-order valence-corrected chi connectivity index (χ2v) is 5.13. The molecule has 1 atom stereocenters. The Bertz CT molecular complexity index is 389. The Morgan fingerprint density at radius 3 is 3.21 bits per heavy atom. The van der Waals surface area contributed by atoms with Crippen molar-refractivity contribution in [3.8, 4) is 0 Å². The van der Waals surface area contributed by atoms with E-state index < -0.39 is 0 Å². The number of pyridine rings is 1. The summed E-state index contributed by atoms with van der Waals surface area (Å²) in [6.07, 6.45) is 6.08. The van der Waals surface area contributed by atoms with Crippen LogP contribution in [0.3, 0.4) is 0 Å². The van der Waals surface area contributed by atoms with Crippen molar-refractivity contribution in [1.82, 2.24) is 9.88 Å². The topological polar surface area (TPSA) is 48.4 Å². The molecule has 19 heavy (non-hydrogen) atoms. The molecule has 0 spiro atoms. The lowest BCUT2D eigenvalue weighted by atomic mass is 9.99. The number of nitrogens with one attached hydrogen (secondary N) is 1. The van der Waals surface area contributed by atoms with Gasteiger partial charge in [0.05, 0.1) is 11.9 Å². The Labute approximate surface area is 113 Å². The van der Waals surface area contributed by atoms with Gasteiger partial charge in [0.15, 0.2) is 5.82 Å². The lowest BCUT2D eigenvalue weighted by molar-refractivity contribution is 0.120. The van der Waals surface area contributed by atoms with Crippen LogP contribution in [-0.2, 0) is 0 Å². The minimum Gasteiger partial charge on any atom is -0.396 e. The highest BCUT2D eigenvalue weighted by atomic mass is 19.1. The third-order valence-electron chi connectivity index (χ3n) is 3.60. The molecule has 1 fully saturated rings. The van der Waals surface area contributed by atoms with Crippen molar-refractivity contribution in [2.24, 2.45) is 5.92 Å². The van der Waals surface area contributed by atoms with E-state index >= 15 is 0 Å². The van der Waals surface area contributed by atoms with Crippen molar-refractivity contribution < 1.29 is 9.50 Å². The molecule has 0 aromatic carbocycles. The second kappa shape index (κ2) is 7.40. The fourth-order valence-corrected chi connectivity index (χ4v) is 2.55. The first-order valence-electron chi connectivity index (χ1n) is 6.96. The molecule has 2 heterocycles. The summed E-state index contributed by atoms with van der Waals surface area (Å²) < 4.78 is 13.3. The molecular formula is C14H22FN3O. The maximum Gasteiger partial charge on any atom is 0.164 e.